The molecule has 0 fully saturated rings. The van der Waals surface area contributed by atoms with E-state index in [1.54, 1.807) is 79.7 Å². The Hall–Kier alpha value is -2.28. The first kappa shape index (κ1) is 27.3. The molecule has 0 saturated carbocycles. The number of hydrogen-bond donors (Lipinski definition) is 0. The summed E-state index contributed by atoms with van der Waals surface area (Å²) in [6.07, 6.45) is -0.383. The smallest absolute Gasteiger partial charge is 0.430 e. The van der Waals surface area contributed by atoms with E-state index in [-0.39, 0.29) is 18.6 Å². The van der Waals surface area contributed by atoms with Gasteiger partial charge in [-0.1, -0.05) is 77.8 Å². The lowest BCUT2D eigenvalue weighted by atomic mass is 10.2. The molecule has 184 valence electrons. The molecule has 0 radical (unpaired) electrons. The van der Waals surface area contributed by atoms with Gasteiger partial charge in [0.25, 0.3) is 0 Å². The van der Waals surface area contributed by atoms with E-state index >= 15 is 0 Å². The molecule has 0 spiro atoms. The summed E-state index contributed by atoms with van der Waals surface area (Å²) in [5, 5.41) is 0.665. The summed E-state index contributed by atoms with van der Waals surface area (Å²) in [4.78, 5) is 26.7. The van der Waals surface area contributed by atoms with Crippen LogP contribution in [0.2, 0.25) is 10.0 Å². The molecule has 3 aromatic carbocycles. The van der Waals surface area contributed by atoms with Gasteiger partial charge in [-0.15, -0.1) is 0 Å². The highest BCUT2D eigenvalue weighted by Crippen LogP contribution is 2.45. The Morgan fingerprint density at radius 1 is 0.943 bits per heavy atom. The second-order valence-electron chi connectivity index (χ2n) is 7.59. The molecule has 1 amide bonds. The molecular weight excluding hydrogens is 528 g/mol. The van der Waals surface area contributed by atoms with Gasteiger partial charge >= 0.3 is 11.2 Å². The van der Waals surface area contributed by atoms with Crippen molar-refractivity contribution in [3.63, 3.8) is 0 Å². The molecule has 1 atom stereocenters. The van der Waals surface area contributed by atoms with Crippen LogP contribution >= 0.6 is 30.3 Å². The van der Waals surface area contributed by atoms with Crippen LogP contribution in [0.15, 0.2) is 78.9 Å². The number of carbonyl (C=O) groups is 2. The molecule has 3 rings (SSSR count). The minimum Gasteiger partial charge on any atom is -0.607 e. The van der Waals surface area contributed by atoms with Gasteiger partial charge in [0.2, 0.25) is 0 Å². The number of halogens is 2. The number of hydrogen-bond acceptors (Lipinski definition) is 5. The maximum absolute atomic E-state index is 14.6. The third kappa shape index (κ3) is 7.35. The molecule has 35 heavy (non-hydrogen) atoms. The number of nitrogens with zero attached hydrogens (tertiary/aromatic N) is 1. The van der Waals surface area contributed by atoms with Crippen LogP contribution in [0.1, 0.15) is 12.5 Å². The van der Waals surface area contributed by atoms with Gasteiger partial charge < -0.3 is 13.9 Å². The molecule has 3 aromatic rings. The van der Waals surface area contributed by atoms with Gasteiger partial charge in [0.1, 0.15) is 12.3 Å². The maximum atomic E-state index is 14.6. The second-order valence-corrected chi connectivity index (χ2v) is 12.6. The van der Waals surface area contributed by atoms with Crippen molar-refractivity contribution in [2.45, 2.75) is 12.7 Å². The van der Waals surface area contributed by atoms with E-state index in [0.29, 0.717) is 26.2 Å². The van der Waals surface area contributed by atoms with Gasteiger partial charge in [0.15, 0.2) is 7.14 Å². The fourth-order valence-corrected chi connectivity index (χ4v) is 7.77. The van der Waals surface area contributed by atoms with Crippen LogP contribution in [0.5, 0.6) is 0 Å². The number of amides is 1. The van der Waals surface area contributed by atoms with Crippen LogP contribution in [0, 0.1) is 0 Å². The van der Waals surface area contributed by atoms with E-state index in [1.807, 2.05) is 6.07 Å². The Morgan fingerprint density at radius 3 is 2.03 bits per heavy atom. The zero-order valence-corrected chi connectivity index (χ0v) is 22.2. The number of benzene rings is 3. The van der Waals surface area contributed by atoms with Gasteiger partial charge in [-0.05, 0) is 31.2 Å². The third-order valence-electron chi connectivity index (χ3n) is 5.04. The van der Waals surface area contributed by atoms with Crippen LogP contribution in [0.25, 0.3) is 0 Å². The molecule has 0 heterocycles. The van der Waals surface area contributed by atoms with Gasteiger partial charge in [-0.3, -0.25) is 9.69 Å². The maximum Gasteiger partial charge on any atom is 0.430 e. The van der Waals surface area contributed by atoms with Gasteiger partial charge in [0.05, 0.1) is 24.1 Å². The normalized spacial score (nSPS) is 12.1. The minimum atomic E-state index is -3.59. The quantitative estimate of drug-likeness (QED) is 0.207. The Morgan fingerprint density at radius 2 is 1.51 bits per heavy atom. The van der Waals surface area contributed by atoms with E-state index in [1.165, 1.54) is 0 Å². The highest BCUT2D eigenvalue weighted by atomic mass is 35.5. The summed E-state index contributed by atoms with van der Waals surface area (Å²) in [5.41, 5.74) is 0.697. The SMILES string of the molecule is CCOC(=O)CN(CP(=O)(c1cccc(Cl)c1)c1cccc(Cl)c1)C(=O)[S+]([O-])Cc1ccccc1. The monoisotopic (exact) mass is 551 g/mol. The highest BCUT2D eigenvalue weighted by molar-refractivity contribution is 8.05. The Labute approximate surface area is 217 Å². The summed E-state index contributed by atoms with van der Waals surface area (Å²) in [6.45, 7) is 1.24. The molecule has 0 N–H and O–H groups in total. The first-order chi connectivity index (χ1) is 16.7. The van der Waals surface area contributed by atoms with Crippen molar-refractivity contribution in [2.24, 2.45) is 0 Å². The minimum absolute atomic E-state index is 0.0440. The Bertz CT molecular complexity index is 1180. The molecule has 0 aliphatic heterocycles. The summed E-state index contributed by atoms with van der Waals surface area (Å²) in [5.74, 6) is -0.737. The number of carbonyl (C=O) groups excluding carboxylic acids is 2. The standard InChI is InChI=1S/C25H24Cl2NO5PS/c1-2-33-24(29)16-28(25(30)35(32)17-19-8-4-3-5-9-19)18-34(31,22-12-6-10-20(26)14-22)23-13-7-11-21(27)15-23/h3-15H,2,16-18H2,1H3. The molecule has 0 aromatic heterocycles. The van der Waals surface area contributed by atoms with Gasteiger partial charge in [0, 0.05) is 26.2 Å². The van der Waals surface area contributed by atoms with E-state index < -0.39 is 36.1 Å². The van der Waals surface area contributed by atoms with Crippen molar-refractivity contribution in [2.75, 3.05) is 19.4 Å². The zero-order chi connectivity index (χ0) is 25.4. The van der Waals surface area contributed by atoms with E-state index in [0.717, 1.165) is 4.90 Å². The van der Waals surface area contributed by atoms with Crippen molar-refractivity contribution in [3.8, 4) is 0 Å². The molecule has 6 nitrogen and oxygen atoms in total. The van der Waals surface area contributed by atoms with Gasteiger partial charge in [-0.25, -0.2) is 4.79 Å². The topological polar surface area (TPSA) is 86.7 Å². The van der Waals surface area contributed by atoms with Crippen LogP contribution in [0.3, 0.4) is 0 Å². The number of ether oxygens (including phenoxy) is 1. The van der Waals surface area contributed by atoms with Crippen molar-refractivity contribution in [1.82, 2.24) is 4.90 Å². The lowest BCUT2D eigenvalue weighted by Crippen LogP contribution is -2.42. The highest BCUT2D eigenvalue weighted by Gasteiger charge is 2.37. The molecular formula is C25H24Cl2NO5PS. The molecule has 10 heteroatoms. The Kier molecular flexibility index (Phi) is 9.84. The predicted molar refractivity (Wildman–Crippen MR) is 142 cm³/mol. The average molecular weight is 552 g/mol. The van der Waals surface area contributed by atoms with E-state index in [2.05, 4.69) is 0 Å². The summed E-state index contributed by atoms with van der Waals surface area (Å²) in [7, 11) is -3.59. The average Bonchev–Trinajstić information content (AvgIpc) is 2.84. The first-order valence-corrected chi connectivity index (χ1v) is 14.7. The van der Waals surface area contributed by atoms with Crippen molar-refractivity contribution in [1.29, 1.82) is 0 Å². The zero-order valence-electron chi connectivity index (χ0n) is 18.9. The van der Waals surface area contributed by atoms with Crippen LogP contribution in [-0.4, -0.2) is 40.1 Å². The summed E-state index contributed by atoms with van der Waals surface area (Å²) < 4.78 is 32.6. The van der Waals surface area contributed by atoms with Crippen LogP contribution in [0.4, 0.5) is 4.79 Å². The van der Waals surface area contributed by atoms with E-state index in [4.69, 9.17) is 27.9 Å². The summed E-state index contributed by atoms with van der Waals surface area (Å²) >= 11 is 10.4. The van der Waals surface area contributed by atoms with Crippen molar-refractivity contribution >= 4 is 63.3 Å². The lowest BCUT2D eigenvalue weighted by Gasteiger charge is -2.28. The van der Waals surface area contributed by atoms with Crippen LogP contribution in [-0.2, 0) is 31.0 Å². The molecule has 1 unspecified atom stereocenters. The molecule has 0 aliphatic carbocycles. The van der Waals surface area contributed by atoms with Crippen LogP contribution < -0.4 is 10.6 Å². The van der Waals surface area contributed by atoms with Crippen molar-refractivity contribution in [3.05, 3.63) is 94.5 Å². The predicted octanol–water partition coefficient (Wildman–Crippen LogP) is 5.20. The fourth-order valence-electron chi connectivity index (χ4n) is 3.42. The van der Waals surface area contributed by atoms with Crippen molar-refractivity contribution < 1.29 is 23.4 Å². The Balaban J connectivity index is 2.01. The number of rotatable bonds is 9. The second kappa shape index (κ2) is 12.6. The van der Waals surface area contributed by atoms with E-state index in [9.17, 15) is 18.7 Å². The fraction of sp³-hybridized carbons (Fsp3) is 0.200. The van der Waals surface area contributed by atoms with Gasteiger partial charge in [-0.2, -0.15) is 0 Å². The largest absolute Gasteiger partial charge is 0.607 e. The molecule has 0 saturated heterocycles. The molecule has 0 bridgehead atoms. The third-order valence-corrected chi connectivity index (χ3v) is 9.72. The lowest BCUT2D eigenvalue weighted by molar-refractivity contribution is -0.143. The number of esters is 1. The summed E-state index contributed by atoms with van der Waals surface area (Å²) in [6, 6.07) is 21.9. The molecule has 0 aliphatic rings. The first-order valence-electron chi connectivity index (χ1n) is 10.7.